The fraction of sp³-hybridized carbons (Fsp3) is 0.278. The Morgan fingerprint density at radius 1 is 1.11 bits per heavy atom. The lowest BCUT2D eigenvalue weighted by molar-refractivity contribution is -0.153. The molecule has 0 radical (unpaired) electrons. The van der Waals surface area contributed by atoms with Gasteiger partial charge in [-0.05, 0) is 43.2 Å². The number of nitrogens with one attached hydrogen (secondary N) is 2. The largest absolute Gasteiger partial charge is 0.482 e. The first-order valence-electron chi connectivity index (χ1n) is 8.36. The van der Waals surface area contributed by atoms with Crippen molar-refractivity contribution in [2.45, 2.75) is 30.0 Å². The Morgan fingerprint density at radius 3 is 2.50 bits per heavy atom. The van der Waals surface area contributed by atoms with Crippen LogP contribution in [0.1, 0.15) is 23.2 Å². The lowest BCUT2D eigenvalue weighted by Gasteiger charge is -2.14. The first-order valence-corrected chi connectivity index (χ1v) is 9.85. The van der Waals surface area contributed by atoms with Crippen molar-refractivity contribution in [3.05, 3.63) is 54.1 Å². The lowest BCUT2D eigenvalue weighted by atomic mass is 10.2. The van der Waals surface area contributed by atoms with Crippen LogP contribution in [-0.2, 0) is 10.0 Å². The number of carbonyl (C=O) groups excluding carboxylic acids is 1. The molecule has 0 saturated heterocycles. The second kappa shape index (κ2) is 7.80. The molecule has 0 unspecified atom stereocenters. The lowest BCUT2D eigenvalue weighted by Crippen LogP contribution is -2.26. The fourth-order valence-electron chi connectivity index (χ4n) is 2.34. The van der Waals surface area contributed by atoms with E-state index in [9.17, 15) is 26.4 Å². The molecular weight excluding hydrogens is 397 g/mol. The van der Waals surface area contributed by atoms with Crippen LogP contribution in [0.4, 0.5) is 18.9 Å². The van der Waals surface area contributed by atoms with Crippen molar-refractivity contribution in [2.24, 2.45) is 0 Å². The first-order chi connectivity index (χ1) is 13.1. The molecule has 0 aromatic heterocycles. The Morgan fingerprint density at radius 2 is 1.82 bits per heavy atom. The molecule has 1 amide bonds. The SMILES string of the molecule is O=C(Nc1ccccc1OCC(F)(F)F)c1cccc(S(=O)(=O)NC2CC2)c1. The molecular formula is C18H17F3N2O4S. The van der Waals surface area contributed by atoms with E-state index in [2.05, 4.69) is 10.0 Å². The molecule has 1 aliphatic rings. The quantitative estimate of drug-likeness (QED) is 0.728. The molecule has 1 fully saturated rings. The van der Waals surface area contributed by atoms with Gasteiger partial charge in [-0.15, -0.1) is 0 Å². The van der Waals surface area contributed by atoms with Crippen LogP contribution < -0.4 is 14.8 Å². The van der Waals surface area contributed by atoms with Gasteiger partial charge in [-0.3, -0.25) is 4.79 Å². The molecule has 150 valence electrons. The molecule has 28 heavy (non-hydrogen) atoms. The van der Waals surface area contributed by atoms with Crippen LogP contribution in [0.2, 0.25) is 0 Å². The van der Waals surface area contributed by atoms with Gasteiger partial charge in [-0.1, -0.05) is 18.2 Å². The first kappa shape index (κ1) is 20.2. The van der Waals surface area contributed by atoms with E-state index in [0.29, 0.717) is 0 Å². The highest BCUT2D eigenvalue weighted by Crippen LogP contribution is 2.27. The zero-order valence-electron chi connectivity index (χ0n) is 14.5. The van der Waals surface area contributed by atoms with Crippen molar-refractivity contribution in [3.63, 3.8) is 0 Å². The van der Waals surface area contributed by atoms with E-state index in [1.54, 1.807) is 0 Å². The third-order valence-electron chi connectivity index (χ3n) is 3.83. The van der Waals surface area contributed by atoms with Crippen LogP contribution in [0.3, 0.4) is 0 Å². The molecule has 2 aromatic carbocycles. The number of amides is 1. The molecule has 1 saturated carbocycles. The summed E-state index contributed by atoms with van der Waals surface area (Å²) in [5.41, 5.74) is 0.0883. The highest BCUT2D eigenvalue weighted by Gasteiger charge is 2.29. The summed E-state index contributed by atoms with van der Waals surface area (Å²) in [5.74, 6) is -0.820. The summed E-state index contributed by atoms with van der Waals surface area (Å²) >= 11 is 0. The van der Waals surface area contributed by atoms with E-state index in [4.69, 9.17) is 4.74 Å². The molecule has 2 aromatic rings. The van der Waals surface area contributed by atoms with Crippen LogP contribution in [0.5, 0.6) is 5.75 Å². The zero-order chi connectivity index (χ0) is 20.4. The number of benzene rings is 2. The minimum atomic E-state index is -4.52. The summed E-state index contributed by atoms with van der Waals surface area (Å²) in [6, 6.07) is 11.0. The van der Waals surface area contributed by atoms with Gasteiger partial charge in [-0.2, -0.15) is 13.2 Å². The van der Waals surface area contributed by atoms with Crippen molar-refractivity contribution in [2.75, 3.05) is 11.9 Å². The van der Waals surface area contributed by atoms with Crippen molar-refractivity contribution in [3.8, 4) is 5.75 Å². The number of ether oxygens (including phenoxy) is 1. The second-order valence-electron chi connectivity index (χ2n) is 6.28. The number of sulfonamides is 1. The fourth-order valence-corrected chi connectivity index (χ4v) is 3.69. The van der Waals surface area contributed by atoms with Crippen molar-refractivity contribution < 1.29 is 31.1 Å². The number of alkyl halides is 3. The molecule has 2 N–H and O–H groups in total. The van der Waals surface area contributed by atoms with E-state index in [-0.39, 0.29) is 27.9 Å². The summed E-state index contributed by atoms with van der Waals surface area (Å²) in [6.07, 6.45) is -2.98. The molecule has 10 heteroatoms. The molecule has 1 aliphatic carbocycles. The van der Waals surface area contributed by atoms with Gasteiger partial charge in [0.1, 0.15) is 5.75 Å². The van der Waals surface area contributed by atoms with Crippen LogP contribution in [0.25, 0.3) is 0 Å². The second-order valence-corrected chi connectivity index (χ2v) is 7.99. The molecule has 6 nitrogen and oxygen atoms in total. The van der Waals surface area contributed by atoms with E-state index in [1.807, 2.05) is 0 Å². The Bertz CT molecular complexity index is 973. The van der Waals surface area contributed by atoms with E-state index < -0.39 is 28.7 Å². The predicted molar refractivity (Wildman–Crippen MR) is 95.7 cm³/mol. The van der Waals surface area contributed by atoms with Crippen LogP contribution in [0, 0.1) is 0 Å². The Hall–Kier alpha value is -2.59. The number of halogens is 3. The number of anilines is 1. The average Bonchev–Trinajstić information content (AvgIpc) is 3.43. The van der Waals surface area contributed by atoms with Crippen molar-refractivity contribution in [1.29, 1.82) is 0 Å². The number of carbonyl (C=O) groups is 1. The zero-order valence-corrected chi connectivity index (χ0v) is 15.3. The van der Waals surface area contributed by atoms with Gasteiger partial charge >= 0.3 is 6.18 Å². The van der Waals surface area contributed by atoms with E-state index in [0.717, 1.165) is 12.8 Å². The summed E-state index contributed by atoms with van der Waals surface area (Å²) < 4.78 is 68.9. The summed E-state index contributed by atoms with van der Waals surface area (Å²) in [6.45, 7) is -1.50. The maximum Gasteiger partial charge on any atom is 0.422 e. The number of para-hydroxylation sites is 2. The normalized spacial score (nSPS) is 14.5. The van der Waals surface area contributed by atoms with Crippen LogP contribution in [-0.4, -0.2) is 33.1 Å². The maximum absolute atomic E-state index is 12.5. The van der Waals surface area contributed by atoms with Gasteiger partial charge in [0, 0.05) is 11.6 Å². The standard InChI is InChI=1S/C18H17F3N2O4S/c19-18(20,21)11-27-16-7-2-1-6-15(16)22-17(24)12-4-3-5-14(10-12)28(25,26)23-13-8-9-13/h1-7,10,13,23H,8-9,11H2,(H,22,24). The van der Waals surface area contributed by atoms with Gasteiger partial charge in [0.05, 0.1) is 10.6 Å². The van der Waals surface area contributed by atoms with Crippen molar-refractivity contribution in [1.82, 2.24) is 4.72 Å². The van der Waals surface area contributed by atoms with Gasteiger partial charge in [0.25, 0.3) is 5.91 Å². The Labute approximate surface area is 159 Å². The number of hydrogen-bond donors (Lipinski definition) is 2. The Kier molecular flexibility index (Phi) is 5.61. The van der Waals surface area contributed by atoms with E-state index >= 15 is 0 Å². The van der Waals surface area contributed by atoms with E-state index in [1.165, 1.54) is 48.5 Å². The van der Waals surface area contributed by atoms with Crippen LogP contribution >= 0.6 is 0 Å². The van der Waals surface area contributed by atoms with Gasteiger partial charge < -0.3 is 10.1 Å². The van der Waals surface area contributed by atoms with Crippen LogP contribution in [0.15, 0.2) is 53.4 Å². The molecule has 0 heterocycles. The minimum absolute atomic E-state index is 0.0427. The number of rotatable bonds is 7. The molecule has 3 rings (SSSR count). The topological polar surface area (TPSA) is 84.5 Å². The molecule has 0 bridgehead atoms. The summed E-state index contributed by atoms with van der Waals surface area (Å²) in [5, 5.41) is 2.45. The maximum atomic E-state index is 12.5. The highest BCUT2D eigenvalue weighted by atomic mass is 32.2. The molecule has 0 spiro atoms. The summed E-state index contributed by atoms with van der Waals surface area (Å²) in [4.78, 5) is 12.4. The third kappa shape index (κ3) is 5.46. The summed E-state index contributed by atoms with van der Waals surface area (Å²) in [7, 11) is -3.74. The van der Waals surface area contributed by atoms with Gasteiger partial charge in [-0.25, -0.2) is 13.1 Å². The molecule has 0 aliphatic heterocycles. The van der Waals surface area contributed by atoms with Crippen molar-refractivity contribution >= 4 is 21.6 Å². The average molecular weight is 414 g/mol. The minimum Gasteiger partial charge on any atom is -0.482 e. The third-order valence-corrected chi connectivity index (χ3v) is 5.35. The van der Waals surface area contributed by atoms with Gasteiger partial charge in [0.15, 0.2) is 6.61 Å². The monoisotopic (exact) mass is 414 g/mol. The molecule has 0 atom stereocenters. The Balaban J connectivity index is 1.76. The van der Waals surface area contributed by atoms with Gasteiger partial charge in [0.2, 0.25) is 10.0 Å². The smallest absolute Gasteiger partial charge is 0.422 e. The number of hydrogen-bond acceptors (Lipinski definition) is 4. The highest BCUT2D eigenvalue weighted by molar-refractivity contribution is 7.89. The predicted octanol–water partition coefficient (Wildman–Crippen LogP) is 3.32.